The van der Waals surface area contributed by atoms with Crippen LogP contribution >= 0.6 is 31.9 Å². The maximum absolute atomic E-state index is 12.0. The van der Waals surface area contributed by atoms with E-state index < -0.39 is 6.36 Å². The lowest BCUT2D eigenvalue weighted by molar-refractivity contribution is -0.275. The molecule has 1 heterocycles. The van der Waals surface area contributed by atoms with Gasteiger partial charge in [-0.2, -0.15) is 0 Å². The molecular formula is C7H4Br2F3NO. The second kappa shape index (κ2) is 4.48. The Morgan fingerprint density at radius 2 is 2.07 bits per heavy atom. The van der Waals surface area contributed by atoms with Crippen molar-refractivity contribution in [2.24, 2.45) is 0 Å². The van der Waals surface area contributed by atoms with Crippen molar-refractivity contribution in [1.82, 2.24) is 4.98 Å². The average molecular weight is 335 g/mol. The maximum Gasteiger partial charge on any atom is 0.573 e. The Hall–Kier alpha value is -0.300. The van der Waals surface area contributed by atoms with E-state index in [-0.39, 0.29) is 15.7 Å². The van der Waals surface area contributed by atoms with E-state index in [0.717, 1.165) is 0 Å². The van der Waals surface area contributed by atoms with Crippen molar-refractivity contribution in [2.75, 3.05) is 0 Å². The van der Waals surface area contributed by atoms with E-state index in [1.54, 1.807) is 0 Å². The summed E-state index contributed by atoms with van der Waals surface area (Å²) in [6, 6.07) is 1.45. The monoisotopic (exact) mass is 333 g/mol. The van der Waals surface area contributed by atoms with Crippen LogP contribution in [-0.2, 0) is 5.33 Å². The molecule has 0 saturated carbocycles. The lowest BCUT2D eigenvalue weighted by Gasteiger charge is -2.12. The van der Waals surface area contributed by atoms with E-state index in [1.807, 2.05) is 0 Å². The second-order valence-electron chi connectivity index (χ2n) is 2.27. The number of pyridine rings is 1. The van der Waals surface area contributed by atoms with Crippen molar-refractivity contribution in [3.05, 3.63) is 22.4 Å². The Morgan fingerprint density at radius 1 is 1.43 bits per heavy atom. The maximum atomic E-state index is 12.0. The third kappa shape index (κ3) is 3.13. The van der Waals surface area contributed by atoms with Gasteiger partial charge in [0.2, 0.25) is 0 Å². The molecule has 1 rings (SSSR count). The van der Waals surface area contributed by atoms with Crippen LogP contribution in [0.4, 0.5) is 13.2 Å². The van der Waals surface area contributed by atoms with E-state index >= 15 is 0 Å². The van der Waals surface area contributed by atoms with Gasteiger partial charge in [-0.25, -0.2) is 4.98 Å². The van der Waals surface area contributed by atoms with Gasteiger partial charge in [-0.3, -0.25) is 0 Å². The van der Waals surface area contributed by atoms with Gasteiger partial charge in [0.05, 0.1) is 0 Å². The SMILES string of the molecule is FC(F)(F)Oc1c(CBr)ccnc1Br. The fourth-order valence-electron chi connectivity index (χ4n) is 0.788. The number of ether oxygens (including phenoxy) is 1. The molecule has 0 aliphatic heterocycles. The zero-order valence-corrected chi connectivity index (χ0v) is 9.78. The van der Waals surface area contributed by atoms with Crippen LogP contribution in [0.1, 0.15) is 5.56 Å². The summed E-state index contributed by atoms with van der Waals surface area (Å²) >= 11 is 5.94. The minimum absolute atomic E-state index is 0.0341. The summed E-state index contributed by atoms with van der Waals surface area (Å²) in [6.45, 7) is 0. The molecular weight excluding hydrogens is 331 g/mol. The van der Waals surface area contributed by atoms with Crippen LogP contribution in [0.2, 0.25) is 0 Å². The van der Waals surface area contributed by atoms with Crippen LogP contribution in [0.15, 0.2) is 16.9 Å². The zero-order valence-electron chi connectivity index (χ0n) is 6.61. The van der Waals surface area contributed by atoms with E-state index in [9.17, 15) is 13.2 Å². The van der Waals surface area contributed by atoms with Gasteiger partial charge in [-0.05, 0) is 22.0 Å². The predicted molar refractivity (Wildman–Crippen MR) is 51.3 cm³/mol. The Labute approximate surface area is 94.7 Å². The fraction of sp³-hybridized carbons (Fsp3) is 0.286. The number of alkyl halides is 4. The van der Waals surface area contributed by atoms with Gasteiger partial charge >= 0.3 is 6.36 Å². The summed E-state index contributed by atoms with van der Waals surface area (Å²) in [5.74, 6) is -0.308. The molecule has 0 fully saturated rings. The first kappa shape index (κ1) is 11.8. The van der Waals surface area contributed by atoms with Crippen LogP contribution in [0, 0.1) is 0 Å². The molecule has 2 nitrogen and oxygen atoms in total. The number of nitrogens with zero attached hydrogens (tertiary/aromatic N) is 1. The quantitative estimate of drug-likeness (QED) is 0.608. The zero-order chi connectivity index (χ0) is 10.8. The molecule has 0 aliphatic rings. The van der Waals surface area contributed by atoms with Gasteiger partial charge in [0.15, 0.2) is 5.75 Å². The smallest absolute Gasteiger partial charge is 0.403 e. The summed E-state index contributed by atoms with van der Waals surface area (Å²) in [5.41, 5.74) is 0.379. The second-order valence-corrected chi connectivity index (χ2v) is 3.58. The van der Waals surface area contributed by atoms with Crippen LogP contribution in [0.3, 0.4) is 0 Å². The molecule has 0 saturated heterocycles. The summed E-state index contributed by atoms with van der Waals surface area (Å²) in [7, 11) is 0. The lowest BCUT2D eigenvalue weighted by atomic mass is 10.3. The molecule has 1 aromatic heterocycles. The van der Waals surface area contributed by atoms with Gasteiger partial charge < -0.3 is 4.74 Å². The highest BCUT2D eigenvalue weighted by Gasteiger charge is 2.33. The lowest BCUT2D eigenvalue weighted by Crippen LogP contribution is -2.18. The van der Waals surface area contributed by atoms with Crippen molar-refractivity contribution in [3.63, 3.8) is 0 Å². The van der Waals surface area contributed by atoms with Crippen molar-refractivity contribution >= 4 is 31.9 Å². The Balaban J connectivity index is 3.05. The van der Waals surface area contributed by atoms with Crippen molar-refractivity contribution in [1.29, 1.82) is 0 Å². The molecule has 0 aromatic carbocycles. The third-order valence-electron chi connectivity index (χ3n) is 1.30. The highest BCUT2D eigenvalue weighted by molar-refractivity contribution is 9.10. The largest absolute Gasteiger partial charge is 0.573 e. The van der Waals surface area contributed by atoms with Gasteiger partial charge in [-0.15, -0.1) is 13.2 Å². The molecule has 14 heavy (non-hydrogen) atoms. The number of halogens is 5. The molecule has 78 valence electrons. The average Bonchev–Trinajstić information content (AvgIpc) is 2.06. The normalized spacial score (nSPS) is 11.5. The number of rotatable bonds is 2. The number of hydrogen-bond acceptors (Lipinski definition) is 2. The standard InChI is InChI=1S/C7H4Br2F3NO/c8-3-4-1-2-13-6(9)5(4)14-7(10,11)12/h1-2H,3H2. The first-order valence-corrected chi connectivity index (χ1v) is 5.30. The minimum Gasteiger partial charge on any atom is -0.403 e. The molecule has 0 aliphatic carbocycles. The molecule has 1 aromatic rings. The molecule has 0 spiro atoms. The van der Waals surface area contributed by atoms with E-state index in [0.29, 0.717) is 5.56 Å². The molecule has 0 radical (unpaired) electrons. The Morgan fingerprint density at radius 3 is 2.57 bits per heavy atom. The third-order valence-corrected chi connectivity index (χ3v) is 2.47. The minimum atomic E-state index is -4.71. The Kier molecular flexibility index (Phi) is 3.77. The molecule has 0 bridgehead atoms. The van der Waals surface area contributed by atoms with Gasteiger partial charge in [-0.1, -0.05) is 15.9 Å². The fourth-order valence-corrected chi connectivity index (χ4v) is 1.68. The molecule has 0 N–H and O–H groups in total. The number of aromatic nitrogens is 1. The molecule has 0 unspecified atom stereocenters. The topological polar surface area (TPSA) is 22.1 Å². The molecule has 0 atom stereocenters. The number of hydrogen-bond donors (Lipinski definition) is 0. The molecule has 7 heteroatoms. The Bertz CT molecular complexity index is 329. The van der Waals surface area contributed by atoms with Crippen LogP contribution in [-0.4, -0.2) is 11.3 Å². The van der Waals surface area contributed by atoms with Crippen LogP contribution < -0.4 is 4.74 Å². The van der Waals surface area contributed by atoms with E-state index in [1.165, 1.54) is 12.3 Å². The van der Waals surface area contributed by atoms with Gasteiger partial charge in [0, 0.05) is 17.1 Å². The van der Waals surface area contributed by atoms with E-state index in [2.05, 4.69) is 41.6 Å². The van der Waals surface area contributed by atoms with Crippen molar-refractivity contribution in [3.8, 4) is 5.75 Å². The first-order valence-electron chi connectivity index (χ1n) is 3.39. The van der Waals surface area contributed by atoms with Crippen molar-refractivity contribution in [2.45, 2.75) is 11.7 Å². The van der Waals surface area contributed by atoms with E-state index in [4.69, 9.17) is 0 Å². The van der Waals surface area contributed by atoms with Crippen LogP contribution in [0.25, 0.3) is 0 Å². The summed E-state index contributed by atoms with van der Waals surface area (Å²) in [6.07, 6.45) is -3.31. The van der Waals surface area contributed by atoms with Gasteiger partial charge in [0.25, 0.3) is 0 Å². The highest BCUT2D eigenvalue weighted by Crippen LogP contribution is 2.33. The summed E-state index contributed by atoms with van der Waals surface area (Å²) in [5, 5.41) is 0.263. The summed E-state index contributed by atoms with van der Waals surface area (Å²) in [4.78, 5) is 3.64. The molecule has 0 amide bonds. The van der Waals surface area contributed by atoms with Crippen LogP contribution in [0.5, 0.6) is 5.75 Å². The van der Waals surface area contributed by atoms with Crippen molar-refractivity contribution < 1.29 is 17.9 Å². The van der Waals surface area contributed by atoms with Gasteiger partial charge in [0.1, 0.15) is 4.60 Å². The highest BCUT2D eigenvalue weighted by atomic mass is 79.9. The predicted octanol–water partition coefficient (Wildman–Crippen LogP) is 3.64. The first-order chi connectivity index (χ1) is 6.44. The summed E-state index contributed by atoms with van der Waals surface area (Å²) < 4.78 is 39.7.